The number of hydrogen-bond donors (Lipinski definition) is 1. The summed E-state index contributed by atoms with van der Waals surface area (Å²) in [6.45, 7) is 3.83. The van der Waals surface area contributed by atoms with Crippen molar-refractivity contribution in [3.8, 4) is 17.2 Å². The zero-order chi connectivity index (χ0) is 31.9. The van der Waals surface area contributed by atoms with Crippen molar-refractivity contribution in [2.24, 2.45) is 0 Å². The number of halogens is 1. The number of hydrogen-bond acceptors (Lipinski definition) is 7. The molecule has 0 atom stereocenters. The number of likely N-dealkylation sites (tertiary alicyclic amines) is 1. The van der Waals surface area contributed by atoms with E-state index >= 15 is 0 Å². The molecule has 1 heterocycles. The fourth-order valence-electron chi connectivity index (χ4n) is 5.75. The normalized spacial score (nSPS) is 16.0. The molecule has 0 spiro atoms. The highest BCUT2D eigenvalue weighted by molar-refractivity contribution is 6.08. The van der Waals surface area contributed by atoms with Gasteiger partial charge in [0.25, 0.3) is 0 Å². The second-order valence-electron chi connectivity index (χ2n) is 11.3. The van der Waals surface area contributed by atoms with Crippen molar-refractivity contribution < 1.29 is 32.9 Å². The third kappa shape index (κ3) is 7.72. The molecule has 0 aromatic heterocycles. The second-order valence-corrected chi connectivity index (χ2v) is 11.3. The van der Waals surface area contributed by atoms with E-state index in [-0.39, 0.29) is 30.9 Å². The minimum absolute atomic E-state index is 0.111. The highest BCUT2D eigenvalue weighted by atomic mass is 19.1. The van der Waals surface area contributed by atoms with Gasteiger partial charge in [-0.25, -0.2) is 9.18 Å². The molecular formula is C36H39FN2O6. The lowest BCUT2D eigenvalue weighted by molar-refractivity contribution is -0.153. The molecule has 1 fully saturated rings. The molecule has 1 aliphatic carbocycles. The molecule has 1 aliphatic heterocycles. The summed E-state index contributed by atoms with van der Waals surface area (Å²) in [6, 6.07) is 17.9. The van der Waals surface area contributed by atoms with Crippen molar-refractivity contribution >= 4 is 29.1 Å². The third-order valence-electron chi connectivity index (χ3n) is 8.22. The van der Waals surface area contributed by atoms with Gasteiger partial charge in [-0.3, -0.25) is 4.79 Å². The molecule has 8 nitrogen and oxygen atoms in total. The molecule has 236 valence electrons. The van der Waals surface area contributed by atoms with Crippen LogP contribution < -0.4 is 19.5 Å². The SMILES string of the molecule is COc1cc(C=C2C(C)=C(CC(=O)NCc3ccccc3)c3cc(F)ccc32)cc(OC)c1OCC(=O)OC1CCN(C)CC1. The van der Waals surface area contributed by atoms with E-state index in [1.54, 1.807) is 18.2 Å². The zero-order valence-corrected chi connectivity index (χ0v) is 26.2. The number of piperidine rings is 1. The van der Waals surface area contributed by atoms with Crippen LogP contribution in [0.5, 0.6) is 17.2 Å². The maximum atomic E-state index is 14.4. The predicted octanol–water partition coefficient (Wildman–Crippen LogP) is 5.89. The summed E-state index contributed by atoms with van der Waals surface area (Å²) in [5.41, 5.74) is 5.76. The molecule has 1 saturated heterocycles. The fourth-order valence-corrected chi connectivity index (χ4v) is 5.75. The number of ether oxygens (including phenoxy) is 4. The van der Waals surface area contributed by atoms with Gasteiger partial charge in [0, 0.05) is 19.6 Å². The fraction of sp³-hybridized carbons (Fsp3) is 0.333. The number of allylic oxidation sites excluding steroid dienone is 2. The number of amides is 1. The number of benzene rings is 3. The Morgan fingerprint density at radius 3 is 2.33 bits per heavy atom. The van der Waals surface area contributed by atoms with Gasteiger partial charge >= 0.3 is 5.97 Å². The highest BCUT2D eigenvalue weighted by Gasteiger charge is 2.27. The Hall–Kier alpha value is -4.63. The first-order chi connectivity index (χ1) is 21.7. The standard InChI is InChI=1S/C36H39FN2O6/c1-23-29(28-11-10-26(37)19-31(28)30(23)20-34(40)38-21-24-8-6-5-7-9-24)16-25-17-32(42-3)36(33(18-25)43-4)44-22-35(41)45-27-12-14-39(2)15-13-27/h5-11,16-19,27H,12-15,20-22H2,1-4H3,(H,38,40). The molecule has 5 rings (SSSR count). The van der Waals surface area contributed by atoms with Gasteiger partial charge in [0.2, 0.25) is 11.7 Å². The number of fused-ring (bicyclic) bond motifs is 1. The number of methoxy groups -OCH3 is 2. The van der Waals surface area contributed by atoms with Crippen molar-refractivity contribution in [3.63, 3.8) is 0 Å². The molecule has 0 bridgehead atoms. The maximum Gasteiger partial charge on any atom is 0.344 e. The van der Waals surface area contributed by atoms with Crippen LogP contribution in [0.1, 0.15) is 48.4 Å². The first-order valence-corrected chi connectivity index (χ1v) is 15.0. The average molecular weight is 615 g/mol. The Kier molecular flexibility index (Phi) is 10.2. The number of nitrogens with one attached hydrogen (secondary N) is 1. The van der Waals surface area contributed by atoms with Crippen LogP contribution >= 0.6 is 0 Å². The second kappa shape index (κ2) is 14.4. The number of esters is 1. The van der Waals surface area contributed by atoms with Crippen LogP contribution in [0, 0.1) is 5.82 Å². The van der Waals surface area contributed by atoms with E-state index in [1.165, 1.54) is 26.4 Å². The summed E-state index contributed by atoms with van der Waals surface area (Å²) in [7, 11) is 5.08. The largest absolute Gasteiger partial charge is 0.493 e. The van der Waals surface area contributed by atoms with E-state index in [2.05, 4.69) is 10.2 Å². The van der Waals surface area contributed by atoms with E-state index in [9.17, 15) is 14.0 Å². The van der Waals surface area contributed by atoms with Crippen LogP contribution in [0.3, 0.4) is 0 Å². The Morgan fingerprint density at radius 2 is 1.67 bits per heavy atom. The van der Waals surface area contributed by atoms with Crippen molar-refractivity contribution in [3.05, 3.63) is 94.3 Å². The lowest BCUT2D eigenvalue weighted by Gasteiger charge is -2.28. The molecule has 45 heavy (non-hydrogen) atoms. The van der Waals surface area contributed by atoms with Gasteiger partial charge in [-0.2, -0.15) is 0 Å². The first kappa shape index (κ1) is 31.8. The van der Waals surface area contributed by atoms with Crippen molar-refractivity contribution in [2.45, 2.75) is 38.8 Å². The van der Waals surface area contributed by atoms with E-state index in [0.717, 1.165) is 59.3 Å². The minimum atomic E-state index is -0.448. The van der Waals surface area contributed by atoms with Crippen LogP contribution in [0.25, 0.3) is 17.2 Å². The van der Waals surface area contributed by atoms with Gasteiger partial charge in [-0.1, -0.05) is 36.4 Å². The van der Waals surface area contributed by atoms with Crippen LogP contribution in [-0.4, -0.2) is 63.8 Å². The first-order valence-electron chi connectivity index (χ1n) is 15.0. The van der Waals surface area contributed by atoms with E-state index in [1.807, 2.05) is 50.4 Å². The Labute approximate surface area is 263 Å². The monoisotopic (exact) mass is 614 g/mol. The molecule has 0 saturated carbocycles. The molecule has 9 heteroatoms. The zero-order valence-electron chi connectivity index (χ0n) is 26.2. The van der Waals surface area contributed by atoms with Crippen molar-refractivity contribution in [2.75, 3.05) is 41.0 Å². The summed E-state index contributed by atoms with van der Waals surface area (Å²) < 4.78 is 37.1. The van der Waals surface area contributed by atoms with Gasteiger partial charge in [-0.15, -0.1) is 0 Å². The summed E-state index contributed by atoms with van der Waals surface area (Å²) in [5, 5.41) is 2.97. The van der Waals surface area contributed by atoms with Gasteiger partial charge in [0.15, 0.2) is 18.1 Å². The summed E-state index contributed by atoms with van der Waals surface area (Å²) in [6.07, 6.45) is 3.53. The predicted molar refractivity (Wildman–Crippen MR) is 171 cm³/mol. The van der Waals surface area contributed by atoms with Gasteiger partial charge in [-0.05, 0) is 96.1 Å². The number of rotatable bonds is 11. The third-order valence-corrected chi connectivity index (χ3v) is 8.22. The molecule has 0 unspecified atom stereocenters. The summed E-state index contributed by atoms with van der Waals surface area (Å²) in [5.74, 6) is 0.0868. The van der Waals surface area contributed by atoms with Crippen LogP contribution in [0.15, 0.2) is 66.2 Å². The Bertz CT molecular complexity index is 1580. The van der Waals surface area contributed by atoms with Crippen LogP contribution in [0.4, 0.5) is 4.39 Å². The number of carbonyl (C=O) groups excluding carboxylic acids is 2. The molecule has 2 aliphatic rings. The average Bonchev–Trinajstić information content (AvgIpc) is 3.29. The Balaban J connectivity index is 1.36. The number of nitrogens with zero attached hydrogens (tertiary/aromatic N) is 1. The van der Waals surface area contributed by atoms with Gasteiger partial charge in [0.1, 0.15) is 11.9 Å². The van der Waals surface area contributed by atoms with E-state index in [0.29, 0.717) is 29.4 Å². The maximum absolute atomic E-state index is 14.4. The van der Waals surface area contributed by atoms with Gasteiger partial charge in [0.05, 0.1) is 20.6 Å². The number of carbonyl (C=O) groups is 2. The lowest BCUT2D eigenvalue weighted by Crippen LogP contribution is -2.36. The van der Waals surface area contributed by atoms with Crippen LogP contribution in [0.2, 0.25) is 0 Å². The van der Waals surface area contributed by atoms with Gasteiger partial charge < -0.3 is 29.2 Å². The van der Waals surface area contributed by atoms with Crippen LogP contribution in [-0.2, 0) is 20.9 Å². The molecule has 1 amide bonds. The quantitative estimate of drug-likeness (QED) is 0.270. The molecule has 0 radical (unpaired) electrons. The van der Waals surface area contributed by atoms with E-state index < -0.39 is 5.97 Å². The molecule has 3 aromatic carbocycles. The summed E-state index contributed by atoms with van der Waals surface area (Å²) in [4.78, 5) is 27.7. The molecule has 3 aromatic rings. The minimum Gasteiger partial charge on any atom is -0.493 e. The van der Waals surface area contributed by atoms with Crippen molar-refractivity contribution in [1.82, 2.24) is 10.2 Å². The Morgan fingerprint density at radius 1 is 0.978 bits per heavy atom. The summed E-state index contributed by atoms with van der Waals surface area (Å²) >= 11 is 0. The molecular weight excluding hydrogens is 575 g/mol. The molecule has 1 N–H and O–H groups in total. The van der Waals surface area contributed by atoms with E-state index in [4.69, 9.17) is 18.9 Å². The smallest absolute Gasteiger partial charge is 0.344 e. The lowest BCUT2D eigenvalue weighted by atomic mass is 10.00. The topological polar surface area (TPSA) is 86.3 Å². The van der Waals surface area contributed by atoms with Crippen molar-refractivity contribution in [1.29, 1.82) is 0 Å². The highest BCUT2D eigenvalue weighted by Crippen LogP contribution is 2.45.